The summed E-state index contributed by atoms with van der Waals surface area (Å²) in [6, 6.07) is 108. The van der Waals surface area contributed by atoms with E-state index in [1.807, 2.05) is 23.5 Å². The third-order valence-corrected chi connectivity index (χ3v) is 18.5. The van der Waals surface area contributed by atoms with Crippen molar-refractivity contribution >= 4 is 138 Å². The molecule has 0 saturated heterocycles. The molecule has 0 aliphatic carbocycles. The van der Waals surface area contributed by atoms with E-state index in [0.29, 0.717) is 0 Å². The normalized spacial score (nSPS) is 13.1. The average Bonchev–Trinajstić information content (AvgIpc) is 3.69. The number of anilines is 12. The van der Waals surface area contributed by atoms with Crippen molar-refractivity contribution < 1.29 is 0 Å². The Labute approximate surface area is 476 Å². The van der Waals surface area contributed by atoms with Crippen LogP contribution in [0, 0.1) is 0 Å². The highest BCUT2D eigenvalue weighted by molar-refractivity contribution is 8.01. The van der Waals surface area contributed by atoms with E-state index in [0.717, 1.165) is 56.9 Å². The Hall–Kier alpha value is -9.33. The molecule has 4 heterocycles. The fourth-order valence-corrected chi connectivity index (χ4v) is 15.5. The van der Waals surface area contributed by atoms with Crippen molar-refractivity contribution in [2.75, 3.05) is 19.6 Å². The lowest BCUT2D eigenvalue weighted by Crippen LogP contribution is -2.64. The van der Waals surface area contributed by atoms with Crippen LogP contribution >= 0.6 is 23.5 Å². The largest absolute Gasteiger partial charge is 0.311 e. The summed E-state index contributed by atoms with van der Waals surface area (Å²) >= 11 is 3.84. The molecular weight excluding hydrogens is 1010 g/mol. The minimum atomic E-state index is -0.0979. The molecule has 12 aromatic carbocycles. The maximum absolute atomic E-state index is 2.63. The van der Waals surface area contributed by atoms with Gasteiger partial charge in [0.05, 0.1) is 11.4 Å². The molecule has 4 aliphatic heterocycles. The van der Waals surface area contributed by atoms with Crippen LogP contribution in [0.4, 0.5) is 68.2 Å². The van der Waals surface area contributed by atoms with Gasteiger partial charge in [0, 0.05) is 82.0 Å². The Balaban J connectivity index is 0.996. The quantitative estimate of drug-likeness (QED) is 0.133. The Morgan fingerprint density at radius 1 is 0.263 bits per heavy atom. The van der Waals surface area contributed by atoms with Crippen molar-refractivity contribution in [2.45, 2.75) is 19.6 Å². The highest BCUT2D eigenvalue weighted by Crippen LogP contribution is 2.51. The van der Waals surface area contributed by atoms with Crippen LogP contribution in [0.2, 0.25) is 0 Å². The Morgan fingerprint density at radius 2 is 0.713 bits per heavy atom. The molecule has 0 spiro atoms. The summed E-state index contributed by atoms with van der Waals surface area (Å²) in [5, 5.41) is 0. The molecule has 0 N–H and O–H groups in total. The van der Waals surface area contributed by atoms with Gasteiger partial charge < -0.3 is 19.6 Å². The van der Waals surface area contributed by atoms with E-state index < -0.39 is 0 Å². The van der Waals surface area contributed by atoms with Crippen molar-refractivity contribution in [3.05, 3.63) is 291 Å². The molecule has 16 rings (SSSR count). The van der Waals surface area contributed by atoms with Crippen molar-refractivity contribution in [2.24, 2.45) is 0 Å². The molecule has 0 unspecified atom stereocenters. The smallest absolute Gasteiger partial charge is 0.252 e. The number of benzene rings is 12. The fraction of sp³-hybridized carbons (Fsp3) is 0. The van der Waals surface area contributed by atoms with Crippen LogP contribution in [0.25, 0.3) is 11.1 Å². The molecule has 0 radical (unpaired) electrons. The molecule has 8 heteroatoms. The molecule has 0 fully saturated rings. The Kier molecular flexibility index (Phi) is 11.2. The van der Waals surface area contributed by atoms with Gasteiger partial charge in [-0.05, 0) is 137 Å². The van der Waals surface area contributed by atoms with Crippen LogP contribution in [0.1, 0.15) is 0 Å². The van der Waals surface area contributed by atoms with E-state index >= 15 is 0 Å². The first-order valence-corrected chi connectivity index (χ1v) is 29.0. The van der Waals surface area contributed by atoms with Crippen LogP contribution in [0.5, 0.6) is 0 Å². The third-order valence-electron chi connectivity index (χ3n) is 16.3. The molecule has 374 valence electrons. The summed E-state index contributed by atoms with van der Waals surface area (Å²) in [5.74, 6) is 0. The number of nitrogens with zero attached hydrogens (tertiary/aromatic N) is 4. The van der Waals surface area contributed by atoms with Gasteiger partial charge in [0.15, 0.2) is 0 Å². The van der Waals surface area contributed by atoms with Gasteiger partial charge >= 0.3 is 0 Å². The molecule has 12 aromatic rings. The van der Waals surface area contributed by atoms with Gasteiger partial charge in [-0.25, -0.2) is 0 Å². The summed E-state index contributed by atoms with van der Waals surface area (Å²) in [6.45, 7) is -0.0764. The van der Waals surface area contributed by atoms with Gasteiger partial charge in [0.1, 0.15) is 0 Å². The van der Waals surface area contributed by atoms with Crippen LogP contribution in [0.15, 0.2) is 311 Å². The number of hydrogen-bond acceptors (Lipinski definition) is 6. The van der Waals surface area contributed by atoms with E-state index in [1.165, 1.54) is 74.9 Å². The highest BCUT2D eigenvalue weighted by Gasteiger charge is 2.47. The third kappa shape index (κ3) is 7.58. The summed E-state index contributed by atoms with van der Waals surface area (Å²) < 4.78 is 0. The van der Waals surface area contributed by atoms with Gasteiger partial charge in [0.25, 0.3) is 6.71 Å². The van der Waals surface area contributed by atoms with Gasteiger partial charge in [-0.15, -0.1) is 0 Å². The molecule has 0 saturated carbocycles. The standard InChI is InChI=1S/C72H48B2N4S2/c1-7-25-49(26-8-1)57-37-19-22-40-62(57)78-64-48-68-61(74-59-39-21-24-42-67(59)79-69-45-56(46-70(80-68)72(69)74)76(52-31-13-4-14-32-52)53-33-15-5-16-34-53)47-60(64)73-58-38-20-23-41-63(58)77(54-35-17-6-18-36-54)65-43-55(44-66(78)71(65)73)75(50-27-9-2-10-28-50)51-29-11-3-12-30-51/h1-48H. The molecular formula is C72H48B2N4S2. The number of para-hydroxylation sites is 7. The van der Waals surface area contributed by atoms with Gasteiger partial charge in [-0.3, -0.25) is 0 Å². The minimum Gasteiger partial charge on any atom is -0.311 e. The molecule has 80 heavy (non-hydrogen) atoms. The first kappa shape index (κ1) is 46.7. The topological polar surface area (TPSA) is 13.0 Å². The van der Waals surface area contributed by atoms with Crippen LogP contribution in [-0.2, 0) is 0 Å². The first-order valence-electron chi connectivity index (χ1n) is 27.4. The van der Waals surface area contributed by atoms with E-state index in [9.17, 15) is 0 Å². The number of hydrogen-bond donors (Lipinski definition) is 0. The van der Waals surface area contributed by atoms with E-state index in [2.05, 4.69) is 311 Å². The monoisotopic (exact) mass is 1050 g/mol. The number of fused-ring (bicyclic) bond motifs is 8. The lowest BCUT2D eigenvalue weighted by atomic mass is 9.31. The number of rotatable bonds is 9. The van der Waals surface area contributed by atoms with Crippen LogP contribution in [0.3, 0.4) is 0 Å². The second-order valence-corrected chi connectivity index (χ2v) is 22.9. The van der Waals surface area contributed by atoms with Crippen molar-refractivity contribution in [3.63, 3.8) is 0 Å². The zero-order valence-electron chi connectivity index (χ0n) is 43.5. The van der Waals surface area contributed by atoms with E-state index in [-0.39, 0.29) is 13.4 Å². The van der Waals surface area contributed by atoms with E-state index in [1.54, 1.807) is 0 Å². The fourth-order valence-electron chi connectivity index (χ4n) is 13.0. The molecule has 0 aromatic heterocycles. The zero-order chi connectivity index (χ0) is 52.7. The summed E-state index contributed by atoms with van der Waals surface area (Å²) in [6.07, 6.45) is 0. The average molecular weight is 1050 g/mol. The van der Waals surface area contributed by atoms with Gasteiger partial charge in [-0.2, -0.15) is 0 Å². The zero-order valence-corrected chi connectivity index (χ0v) is 45.1. The second kappa shape index (κ2) is 19.2. The predicted octanol–water partition coefficient (Wildman–Crippen LogP) is 15.8. The molecule has 4 aliphatic rings. The summed E-state index contributed by atoms with van der Waals surface area (Å²) in [4.78, 5) is 15.1. The molecule has 0 atom stereocenters. The maximum Gasteiger partial charge on any atom is 0.252 e. The SMILES string of the molecule is c1ccc(-c2ccccc2N2c3cc4c(cc3B3c5ccccc5N(c5ccccc5)c5cc(N(c6ccccc6)c6ccccc6)cc2c53)B2c3ccccc3Sc3cc(N(c5ccccc5)c5ccccc5)cc(c32)S4)cc1. The molecule has 0 amide bonds. The Morgan fingerprint density at radius 3 is 1.31 bits per heavy atom. The van der Waals surface area contributed by atoms with E-state index in [4.69, 9.17) is 0 Å². The highest BCUT2D eigenvalue weighted by atomic mass is 32.2. The van der Waals surface area contributed by atoms with Crippen LogP contribution in [-0.4, -0.2) is 13.4 Å². The Bertz CT molecular complexity index is 4260. The van der Waals surface area contributed by atoms with Crippen molar-refractivity contribution in [3.8, 4) is 11.1 Å². The molecule has 0 bridgehead atoms. The van der Waals surface area contributed by atoms with Gasteiger partial charge in [0.2, 0.25) is 6.71 Å². The summed E-state index contributed by atoms with van der Waals surface area (Å²) in [7, 11) is 0. The molecule has 4 nitrogen and oxygen atoms in total. The summed E-state index contributed by atoms with van der Waals surface area (Å²) in [5.41, 5.74) is 23.9. The minimum absolute atomic E-state index is 0.0215. The van der Waals surface area contributed by atoms with Crippen molar-refractivity contribution in [1.82, 2.24) is 0 Å². The van der Waals surface area contributed by atoms with Gasteiger partial charge in [-0.1, -0.05) is 216 Å². The lowest BCUT2D eigenvalue weighted by Gasteiger charge is -2.46. The second-order valence-electron chi connectivity index (χ2n) is 20.8. The maximum atomic E-state index is 2.63. The predicted molar refractivity (Wildman–Crippen MR) is 341 cm³/mol. The van der Waals surface area contributed by atoms with Crippen molar-refractivity contribution in [1.29, 1.82) is 0 Å². The van der Waals surface area contributed by atoms with Crippen LogP contribution < -0.4 is 52.4 Å². The first-order chi connectivity index (χ1) is 39.7. The lowest BCUT2D eigenvalue weighted by molar-refractivity contribution is 1.22.